The Hall–Kier alpha value is -1.84. The number of aromatic nitrogens is 1. The van der Waals surface area contributed by atoms with E-state index in [0.29, 0.717) is 24.9 Å². The zero-order chi connectivity index (χ0) is 12.7. The van der Waals surface area contributed by atoms with E-state index < -0.39 is 6.09 Å². The number of pyridine rings is 1. The molecule has 0 bridgehead atoms. The Labute approximate surface area is 106 Å². The van der Waals surface area contributed by atoms with Crippen molar-refractivity contribution in [2.24, 2.45) is 11.8 Å². The zero-order valence-electron chi connectivity index (χ0n) is 10.3. The Kier molecular flexibility index (Phi) is 2.58. The van der Waals surface area contributed by atoms with Crippen molar-refractivity contribution >= 4 is 11.7 Å². The fourth-order valence-corrected chi connectivity index (χ4v) is 3.09. The zero-order valence-corrected chi connectivity index (χ0v) is 10.3. The summed E-state index contributed by atoms with van der Waals surface area (Å²) in [4.78, 5) is 16.8. The minimum Gasteiger partial charge on any atom is -0.465 e. The van der Waals surface area contributed by atoms with Crippen LogP contribution < -0.4 is 0 Å². The summed E-state index contributed by atoms with van der Waals surface area (Å²) in [5.74, 6) is 0.839. The van der Waals surface area contributed by atoms with Gasteiger partial charge >= 0.3 is 6.09 Å². The standard InChI is InChI=1S/C14H16N2O2/c1-9-13(3-2-4-15-9)10-5-11-7-16(14(17)18)8-12(11)6-10/h2-5,11-12H,6-8H2,1H3,(H,17,18). The Morgan fingerprint density at radius 3 is 3.00 bits per heavy atom. The van der Waals surface area contributed by atoms with Crippen LogP contribution in [0.2, 0.25) is 0 Å². The highest BCUT2D eigenvalue weighted by Crippen LogP contribution is 2.41. The lowest BCUT2D eigenvalue weighted by Crippen LogP contribution is -2.27. The molecule has 0 saturated carbocycles. The van der Waals surface area contributed by atoms with Crippen molar-refractivity contribution in [1.29, 1.82) is 0 Å². The lowest BCUT2D eigenvalue weighted by molar-refractivity contribution is 0.153. The van der Waals surface area contributed by atoms with Gasteiger partial charge in [0.15, 0.2) is 0 Å². The van der Waals surface area contributed by atoms with Crippen LogP contribution in [0.5, 0.6) is 0 Å². The maximum Gasteiger partial charge on any atom is 0.407 e. The molecule has 4 heteroatoms. The first-order valence-electron chi connectivity index (χ1n) is 6.25. The van der Waals surface area contributed by atoms with Gasteiger partial charge in [0.05, 0.1) is 0 Å². The fourth-order valence-electron chi connectivity index (χ4n) is 3.09. The minimum atomic E-state index is -0.795. The summed E-state index contributed by atoms with van der Waals surface area (Å²) >= 11 is 0. The number of aryl methyl sites for hydroxylation is 1. The smallest absolute Gasteiger partial charge is 0.407 e. The molecule has 2 aliphatic rings. The second kappa shape index (κ2) is 4.12. The summed E-state index contributed by atoms with van der Waals surface area (Å²) in [6.45, 7) is 3.33. The third-order valence-electron chi connectivity index (χ3n) is 4.01. The first-order valence-corrected chi connectivity index (χ1v) is 6.25. The molecule has 0 aromatic carbocycles. The fraction of sp³-hybridized carbons (Fsp3) is 0.429. The number of nitrogens with zero attached hydrogens (tertiary/aromatic N) is 2. The van der Waals surface area contributed by atoms with Crippen LogP contribution in [0.25, 0.3) is 5.57 Å². The molecule has 0 radical (unpaired) electrons. The van der Waals surface area contributed by atoms with Gasteiger partial charge in [0, 0.05) is 25.0 Å². The molecular weight excluding hydrogens is 228 g/mol. The third-order valence-corrected chi connectivity index (χ3v) is 4.01. The second-order valence-corrected chi connectivity index (χ2v) is 5.14. The van der Waals surface area contributed by atoms with Crippen molar-refractivity contribution in [3.8, 4) is 0 Å². The Bertz CT molecular complexity index is 524. The molecule has 3 rings (SSSR count). The maximum absolute atomic E-state index is 10.9. The SMILES string of the molecule is Cc1ncccc1C1=CC2CN(C(=O)O)CC2C1. The first-order chi connectivity index (χ1) is 8.65. The summed E-state index contributed by atoms with van der Waals surface area (Å²) in [6, 6.07) is 4.06. The molecule has 1 saturated heterocycles. The number of carbonyl (C=O) groups is 1. The van der Waals surface area contributed by atoms with Gasteiger partial charge in [-0.3, -0.25) is 4.98 Å². The average Bonchev–Trinajstić information content (AvgIpc) is 2.87. The molecule has 1 amide bonds. The van der Waals surface area contributed by atoms with Gasteiger partial charge in [0.1, 0.15) is 0 Å². The van der Waals surface area contributed by atoms with Crippen molar-refractivity contribution in [3.05, 3.63) is 35.7 Å². The molecule has 1 aliphatic heterocycles. The van der Waals surface area contributed by atoms with Gasteiger partial charge in [-0.25, -0.2) is 4.79 Å². The highest BCUT2D eigenvalue weighted by atomic mass is 16.4. The summed E-state index contributed by atoms with van der Waals surface area (Å²) in [5, 5.41) is 8.99. The molecule has 1 aromatic rings. The largest absolute Gasteiger partial charge is 0.465 e. The van der Waals surface area contributed by atoms with E-state index in [4.69, 9.17) is 5.11 Å². The lowest BCUT2D eigenvalue weighted by atomic mass is 9.98. The Balaban J connectivity index is 1.82. The number of likely N-dealkylation sites (tertiary alicyclic amines) is 1. The Morgan fingerprint density at radius 1 is 1.50 bits per heavy atom. The molecule has 1 aromatic heterocycles. The molecule has 2 heterocycles. The van der Waals surface area contributed by atoms with Gasteiger partial charge in [-0.05, 0) is 42.4 Å². The van der Waals surface area contributed by atoms with Gasteiger partial charge < -0.3 is 10.0 Å². The molecule has 1 N–H and O–H groups in total. The molecule has 2 unspecified atom stereocenters. The normalized spacial score (nSPS) is 26.1. The van der Waals surface area contributed by atoms with Crippen molar-refractivity contribution in [1.82, 2.24) is 9.88 Å². The third kappa shape index (κ3) is 1.78. The molecule has 2 atom stereocenters. The van der Waals surface area contributed by atoms with Crippen molar-refractivity contribution in [3.63, 3.8) is 0 Å². The highest BCUT2D eigenvalue weighted by Gasteiger charge is 2.38. The van der Waals surface area contributed by atoms with Gasteiger partial charge in [-0.2, -0.15) is 0 Å². The van der Waals surface area contributed by atoms with Crippen LogP contribution >= 0.6 is 0 Å². The first kappa shape index (κ1) is 11.3. The molecule has 18 heavy (non-hydrogen) atoms. The van der Waals surface area contributed by atoms with E-state index in [1.54, 1.807) is 6.20 Å². The number of hydrogen-bond donors (Lipinski definition) is 1. The number of amides is 1. The summed E-state index contributed by atoms with van der Waals surface area (Å²) in [5.41, 5.74) is 3.60. The molecule has 4 nitrogen and oxygen atoms in total. The second-order valence-electron chi connectivity index (χ2n) is 5.14. The van der Waals surface area contributed by atoms with Gasteiger partial charge in [-0.15, -0.1) is 0 Å². The molecular formula is C14H16N2O2. The topological polar surface area (TPSA) is 53.4 Å². The lowest BCUT2D eigenvalue weighted by Gasteiger charge is -2.13. The van der Waals surface area contributed by atoms with Crippen LogP contribution in [0.3, 0.4) is 0 Å². The van der Waals surface area contributed by atoms with Crippen LogP contribution in [-0.4, -0.2) is 34.2 Å². The highest BCUT2D eigenvalue weighted by molar-refractivity contribution is 5.71. The van der Waals surface area contributed by atoms with Gasteiger partial charge in [0.25, 0.3) is 0 Å². The van der Waals surface area contributed by atoms with Crippen molar-refractivity contribution in [2.45, 2.75) is 13.3 Å². The minimum absolute atomic E-state index is 0.385. The monoisotopic (exact) mass is 244 g/mol. The summed E-state index contributed by atoms with van der Waals surface area (Å²) in [6.07, 6.45) is 4.23. The van der Waals surface area contributed by atoms with E-state index >= 15 is 0 Å². The van der Waals surface area contributed by atoms with Crippen molar-refractivity contribution in [2.75, 3.05) is 13.1 Å². The quantitative estimate of drug-likeness (QED) is 0.825. The predicted molar refractivity (Wildman–Crippen MR) is 68.1 cm³/mol. The predicted octanol–water partition coefficient (Wildman–Crippen LogP) is 2.40. The molecule has 1 aliphatic carbocycles. The number of allylic oxidation sites excluding steroid dienone is 1. The van der Waals surface area contributed by atoms with E-state index in [0.717, 1.165) is 12.1 Å². The van der Waals surface area contributed by atoms with E-state index in [-0.39, 0.29) is 0 Å². The maximum atomic E-state index is 10.9. The molecule has 94 valence electrons. The number of fused-ring (bicyclic) bond motifs is 1. The van der Waals surface area contributed by atoms with Crippen LogP contribution in [0.1, 0.15) is 17.7 Å². The van der Waals surface area contributed by atoms with Crippen LogP contribution in [0.4, 0.5) is 4.79 Å². The number of rotatable bonds is 1. The molecule has 0 spiro atoms. The number of carboxylic acid groups (broad SMARTS) is 1. The van der Waals surface area contributed by atoms with Crippen molar-refractivity contribution < 1.29 is 9.90 Å². The molecule has 1 fully saturated rings. The van der Waals surface area contributed by atoms with E-state index in [2.05, 4.69) is 17.1 Å². The van der Waals surface area contributed by atoms with Crippen LogP contribution in [0.15, 0.2) is 24.4 Å². The average molecular weight is 244 g/mol. The van der Waals surface area contributed by atoms with Gasteiger partial charge in [-0.1, -0.05) is 12.1 Å². The number of hydrogen-bond acceptors (Lipinski definition) is 2. The Morgan fingerprint density at radius 2 is 2.33 bits per heavy atom. The van der Waals surface area contributed by atoms with E-state index in [1.807, 2.05) is 13.0 Å². The summed E-state index contributed by atoms with van der Waals surface area (Å²) in [7, 11) is 0. The summed E-state index contributed by atoms with van der Waals surface area (Å²) < 4.78 is 0. The van der Waals surface area contributed by atoms with Crippen LogP contribution in [-0.2, 0) is 0 Å². The van der Waals surface area contributed by atoms with E-state index in [9.17, 15) is 4.79 Å². The van der Waals surface area contributed by atoms with Crippen LogP contribution in [0, 0.1) is 18.8 Å². The van der Waals surface area contributed by atoms with Gasteiger partial charge in [0.2, 0.25) is 0 Å². The van der Waals surface area contributed by atoms with E-state index in [1.165, 1.54) is 16.0 Å².